The number of hydrogen-bond donors (Lipinski definition) is 1. The van der Waals surface area contributed by atoms with Crippen LogP contribution in [0.5, 0.6) is 5.75 Å². The molecule has 1 aromatic rings. The van der Waals surface area contributed by atoms with E-state index in [1.54, 1.807) is 7.11 Å². The Morgan fingerprint density at radius 1 is 1.33 bits per heavy atom. The van der Waals surface area contributed by atoms with Crippen LogP contribution in [0.15, 0.2) is 24.3 Å². The summed E-state index contributed by atoms with van der Waals surface area (Å²) >= 11 is 0. The van der Waals surface area contributed by atoms with Crippen molar-refractivity contribution in [1.29, 1.82) is 0 Å². The first kappa shape index (κ1) is 17.2. The minimum atomic E-state index is -0.429. The Labute approximate surface area is 144 Å². The Morgan fingerprint density at radius 3 is 2.62 bits per heavy atom. The number of piperidine rings is 1. The van der Waals surface area contributed by atoms with Crippen LogP contribution in [0.2, 0.25) is 0 Å². The molecular weight excluding hydrogens is 304 g/mol. The Kier molecular flexibility index (Phi) is 5.41. The molecule has 0 amide bonds. The van der Waals surface area contributed by atoms with Gasteiger partial charge in [0.15, 0.2) is 0 Å². The fraction of sp³-hybridized carbons (Fsp3) is 0.632. The van der Waals surface area contributed by atoms with Gasteiger partial charge in [0.1, 0.15) is 11.9 Å². The maximum atomic E-state index is 12.7. The lowest BCUT2D eigenvalue weighted by Crippen LogP contribution is -2.46. The Morgan fingerprint density at radius 2 is 2.04 bits per heavy atom. The minimum Gasteiger partial charge on any atom is -0.497 e. The molecule has 0 spiro atoms. The van der Waals surface area contributed by atoms with Gasteiger partial charge < -0.3 is 15.2 Å². The molecule has 0 aromatic heterocycles. The molecule has 0 saturated carbocycles. The molecule has 3 atom stereocenters. The van der Waals surface area contributed by atoms with Gasteiger partial charge in [0.2, 0.25) is 0 Å². The van der Waals surface area contributed by atoms with E-state index in [0.29, 0.717) is 12.1 Å². The number of methoxy groups -OCH3 is 1. The highest BCUT2D eigenvalue weighted by Gasteiger charge is 2.41. The van der Waals surface area contributed by atoms with Crippen LogP contribution in [0, 0.1) is 0 Å². The Bertz CT molecular complexity index is 563. The zero-order valence-electron chi connectivity index (χ0n) is 14.6. The highest BCUT2D eigenvalue weighted by molar-refractivity contribution is 5.78. The molecule has 2 heterocycles. The molecule has 24 heavy (non-hydrogen) atoms. The first-order valence-corrected chi connectivity index (χ1v) is 8.96. The highest BCUT2D eigenvalue weighted by Crippen LogP contribution is 2.37. The standard InChI is InChI=1S/C19H28N2O3/c1-3-21-14-7-8-15(21)11-17(10-14)24-19(22)18(12-20)13-5-4-6-16(9-13)23-2/h4-6,9,14-15,17-18H,3,7-8,10-12,20H2,1-2H3. The molecule has 5 heteroatoms. The van der Waals surface area contributed by atoms with E-state index in [0.717, 1.165) is 30.7 Å². The van der Waals surface area contributed by atoms with Crippen LogP contribution in [-0.4, -0.2) is 49.3 Å². The van der Waals surface area contributed by atoms with E-state index < -0.39 is 5.92 Å². The van der Waals surface area contributed by atoms with Gasteiger partial charge >= 0.3 is 5.97 Å². The number of ether oxygens (including phenoxy) is 2. The molecule has 1 aromatic carbocycles. The quantitative estimate of drug-likeness (QED) is 0.810. The third kappa shape index (κ3) is 3.42. The number of nitrogens with two attached hydrogens (primary N) is 1. The predicted octanol–water partition coefficient (Wildman–Crippen LogP) is 2.30. The summed E-state index contributed by atoms with van der Waals surface area (Å²) in [6, 6.07) is 8.65. The van der Waals surface area contributed by atoms with Crippen molar-refractivity contribution >= 4 is 5.97 Å². The summed E-state index contributed by atoms with van der Waals surface area (Å²) in [6.45, 7) is 3.54. The van der Waals surface area contributed by atoms with Gasteiger partial charge in [0.25, 0.3) is 0 Å². The molecule has 2 saturated heterocycles. The van der Waals surface area contributed by atoms with Gasteiger partial charge in [-0.15, -0.1) is 0 Å². The van der Waals surface area contributed by atoms with Crippen LogP contribution in [0.25, 0.3) is 0 Å². The van der Waals surface area contributed by atoms with E-state index in [-0.39, 0.29) is 18.6 Å². The number of nitrogens with zero attached hydrogens (tertiary/aromatic N) is 1. The summed E-state index contributed by atoms with van der Waals surface area (Å²) in [7, 11) is 1.62. The largest absolute Gasteiger partial charge is 0.497 e. The van der Waals surface area contributed by atoms with Crippen LogP contribution in [0.1, 0.15) is 44.1 Å². The SMILES string of the molecule is CCN1C2CCC1CC(OC(=O)C(CN)c1cccc(OC)c1)C2. The van der Waals surface area contributed by atoms with E-state index in [9.17, 15) is 4.79 Å². The lowest BCUT2D eigenvalue weighted by molar-refractivity contribution is -0.154. The van der Waals surface area contributed by atoms with Crippen molar-refractivity contribution in [2.45, 2.75) is 56.7 Å². The fourth-order valence-electron chi connectivity index (χ4n) is 4.31. The van der Waals surface area contributed by atoms with Crippen molar-refractivity contribution in [2.24, 2.45) is 5.73 Å². The molecule has 3 rings (SSSR count). The smallest absolute Gasteiger partial charge is 0.314 e. The topological polar surface area (TPSA) is 64.8 Å². The molecular formula is C19H28N2O3. The van der Waals surface area contributed by atoms with E-state index in [4.69, 9.17) is 15.2 Å². The summed E-state index contributed by atoms with van der Waals surface area (Å²) in [5, 5.41) is 0. The number of fused-ring (bicyclic) bond motifs is 2. The molecule has 2 aliphatic rings. The number of benzene rings is 1. The van der Waals surface area contributed by atoms with Crippen molar-refractivity contribution in [3.8, 4) is 5.75 Å². The lowest BCUT2D eigenvalue weighted by Gasteiger charge is -2.38. The zero-order valence-corrected chi connectivity index (χ0v) is 14.6. The van der Waals surface area contributed by atoms with Crippen molar-refractivity contribution in [3.63, 3.8) is 0 Å². The van der Waals surface area contributed by atoms with E-state index >= 15 is 0 Å². The van der Waals surface area contributed by atoms with E-state index in [1.165, 1.54) is 12.8 Å². The average molecular weight is 332 g/mol. The summed E-state index contributed by atoms with van der Waals surface area (Å²) in [4.78, 5) is 15.2. The molecule has 2 N–H and O–H groups in total. The number of rotatable bonds is 6. The van der Waals surface area contributed by atoms with Crippen LogP contribution < -0.4 is 10.5 Å². The molecule has 2 bridgehead atoms. The van der Waals surface area contributed by atoms with Gasteiger partial charge in [0.05, 0.1) is 13.0 Å². The second-order valence-corrected chi connectivity index (χ2v) is 6.81. The number of esters is 1. The number of carbonyl (C=O) groups excluding carboxylic acids is 1. The molecule has 5 nitrogen and oxygen atoms in total. The first-order valence-electron chi connectivity index (χ1n) is 8.96. The van der Waals surface area contributed by atoms with Crippen molar-refractivity contribution < 1.29 is 14.3 Å². The van der Waals surface area contributed by atoms with Gasteiger partial charge in [-0.2, -0.15) is 0 Å². The maximum Gasteiger partial charge on any atom is 0.314 e. The van der Waals surface area contributed by atoms with Gasteiger partial charge in [-0.1, -0.05) is 19.1 Å². The fourth-order valence-corrected chi connectivity index (χ4v) is 4.31. The van der Waals surface area contributed by atoms with E-state index in [1.807, 2.05) is 24.3 Å². The van der Waals surface area contributed by atoms with Crippen LogP contribution in [0.4, 0.5) is 0 Å². The van der Waals surface area contributed by atoms with E-state index in [2.05, 4.69) is 11.8 Å². The highest BCUT2D eigenvalue weighted by atomic mass is 16.5. The van der Waals surface area contributed by atoms with Crippen molar-refractivity contribution in [2.75, 3.05) is 20.2 Å². The molecule has 2 fully saturated rings. The monoisotopic (exact) mass is 332 g/mol. The zero-order chi connectivity index (χ0) is 17.1. The van der Waals surface area contributed by atoms with Gasteiger partial charge in [-0.25, -0.2) is 0 Å². The van der Waals surface area contributed by atoms with Gasteiger partial charge in [-0.05, 0) is 37.1 Å². The van der Waals surface area contributed by atoms with Crippen LogP contribution in [0.3, 0.4) is 0 Å². The third-order valence-electron chi connectivity index (χ3n) is 5.51. The number of carbonyl (C=O) groups is 1. The predicted molar refractivity (Wildman–Crippen MR) is 93.1 cm³/mol. The summed E-state index contributed by atoms with van der Waals surface area (Å²) in [6.07, 6.45) is 4.38. The Hall–Kier alpha value is -1.59. The second kappa shape index (κ2) is 7.53. The second-order valence-electron chi connectivity index (χ2n) is 6.81. The molecule has 0 aliphatic carbocycles. The van der Waals surface area contributed by atoms with Crippen molar-refractivity contribution in [1.82, 2.24) is 4.90 Å². The van der Waals surface area contributed by atoms with Crippen LogP contribution in [-0.2, 0) is 9.53 Å². The number of hydrogen-bond acceptors (Lipinski definition) is 5. The van der Waals surface area contributed by atoms with Gasteiger partial charge in [0, 0.05) is 31.5 Å². The lowest BCUT2D eigenvalue weighted by atomic mass is 9.97. The van der Waals surface area contributed by atoms with Crippen LogP contribution >= 0.6 is 0 Å². The molecule has 132 valence electrons. The summed E-state index contributed by atoms with van der Waals surface area (Å²) in [5.74, 6) is 0.0927. The first-order chi connectivity index (χ1) is 11.7. The normalized spacial score (nSPS) is 27.7. The third-order valence-corrected chi connectivity index (χ3v) is 5.51. The Balaban J connectivity index is 1.65. The minimum absolute atomic E-state index is 0.0254. The molecule has 0 radical (unpaired) electrons. The summed E-state index contributed by atoms with van der Waals surface area (Å²) in [5.41, 5.74) is 6.72. The molecule has 3 unspecified atom stereocenters. The maximum absolute atomic E-state index is 12.7. The average Bonchev–Trinajstić information content (AvgIpc) is 2.85. The van der Waals surface area contributed by atoms with Crippen molar-refractivity contribution in [3.05, 3.63) is 29.8 Å². The summed E-state index contributed by atoms with van der Waals surface area (Å²) < 4.78 is 11.1. The van der Waals surface area contributed by atoms with Gasteiger partial charge in [-0.3, -0.25) is 9.69 Å². The molecule has 2 aliphatic heterocycles.